The molecule has 0 aromatic rings. The van der Waals surface area contributed by atoms with Crippen molar-refractivity contribution in [2.75, 3.05) is 0 Å². The SMILES string of the molecule is CC[CH]C(C)(C)CC=O. The zero-order valence-corrected chi connectivity index (χ0v) is 6.48. The van der Waals surface area contributed by atoms with Crippen LogP contribution >= 0.6 is 0 Å². The lowest BCUT2D eigenvalue weighted by Crippen LogP contribution is -2.11. The molecule has 1 radical (unpaired) electrons. The molecule has 53 valence electrons. The largest absolute Gasteiger partial charge is 0.303 e. The van der Waals surface area contributed by atoms with Gasteiger partial charge < -0.3 is 4.79 Å². The summed E-state index contributed by atoms with van der Waals surface area (Å²) in [7, 11) is 0. The van der Waals surface area contributed by atoms with Gasteiger partial charge in [-0.1, -0.05) is 27.2 Å². The Bertz CT molecular complexity index is 84.6. The van der Waals surface area contributed by atoms with Gasteiger partial charge >= 0.3 is 0 Å². The second-order valence-corrected chi connectivity index (χ2v) is 2.97. The quantitative estimate of drug-likeness (QED) is 0.529. The molecule has 0 saturated carbocycles. The molecule has 9 heavy (non-hydrogen) atoms. The van der Waals surface area contributed by atoms with Crippen LogP contribution in [-0.2, 0) is 4.79 Å². The van der Waals surface area contributed by atoms with Crippen LogP contribution in [0.2, 0.25) is 0 Å². The molecule has 0 spiro atoms. The van der Waals surface area contributed by atoms with E-state index in [1.165, 1.54) is 0 Å². The van der Waals surface area contributed by atoms with E-state index < -0.39 is 0 Å². The van der Waals surface area contributed by atoms with E-state index in [4.69, 9.17) is 0 Å². The van der Waals surface area contributed by atoms with Crippen molar-refractivity contribution in [3.8, 4) is 0 Å². The van der Waals surface area contributed by atoms with Crippen LogP contribution < -0.4 is 0 Å². The molecule has 0 aromatic carbocycles. The zero-order valence-electron chi connectivity index (χ0n) is 6.48. The minimum absolute atomic E-state index is 0.108. The number of hydrogen-bond donors (Lipinski definition) is 0. The van der Waals surface area contributed by atoms with Crippen molar-refractivity contribution in [1.29, 1.82) is 0 Å². The molecular weight excluding hydrogens is 112 g/mol. The van der Waals surface area contributed by atoms with Crippen molar-refractivity contribution in [2.45, 2.75) is 33.6 Å². The Kier molecular flexibility index (Phi) is 3.52. The van der Waals surface area contributed by atoms with Gasteiger partial charge in [0.2, 0.25) is 0 Å². The fraction of sp³-hybridized carbons (Fsp3) is 0.750. The summed E-state index contributed by atoms with van der Waals surface area (Å²) in [6, 6.07) is 0. The number of carbonyl (C=O) groups is 1. The topological polar surface area (TPSA) is 17.1 Å². The second kappa shape index (κ2) is 3.65. The summed E-state index contributed by atoms with van der Waals surface area (Å²) in [6.07, 6.45) is 4.83. The molecule has 0 aliphatic carbocycles. The molecule has 0 heterocycles. The third kappa shape index (κ3) is 4.19. The summed E-state index contributed by atoms with van der Waals surface area (Å²) >= 11 is 0. The lowest BCUT2D eigenvalue weighted by Gasteiger charge is -2.19. The van der Waals surface area contributed by atoms with Gasteiger partial charge in [0.1, 0.15) is 6.29 Å². The van der Waals surface area contributed by atoms with E-state index in [0.717, 1.165) is 12.7 Å². The number of hydrogen-bond acceptors (Lipinski definition) is 1. The van der Waals surface area contributed by atoms with Gasteiger partial charge in [0.05, 0.1) is 0 Å². The molecule has 0 N–H and O–H groups in total. The van der Waals surface area contributed by atoms with Crippen molar-refractivity contribution in [2.24, 2.45) is 5.41 Å². The second-order valence-electron chi connectivity index (χ2n) is 2.97. The van der Waals surface area contributed by atoms with Gasteiger partial charge in [0.25, 0.3) is 0 Å². The Labute approximate surface area is 57.5 Å². The first-order valence-corrected chi connectivity index (χ1v) is 3.40. The van der Waals surface area contributed by atoms with Crippen LogP contribution in [0, 0.1) is 11.8 Å². The molecule has 1 nitrogen and oxygen atoms in total. The average Bonchev–Trinajstić information content (AvgIpc) is 1.64. The molecule has 0 atom stereocenters. The molecule has 0 bridgehead atoms. The molecule has 0 aliphatic heterocycles. The Morgan fingerprint density at radius 2 is 2.00 bits per heavy atom. The summed E-state index contributed by atoms with van der Waals surface area (Å²) in [5.41, 5.74) is 0.108. The molecule has 0 unspecified atom stereocenters. The fourth-order valence-corrected chi connectivity index (χ4v) is 0.851. The zero-order chi connectivity index (χ0) is 7.33. The van der Waals surface area contributed by atoms with Gasteiger partial charge in [-0.3, -0.25) is 0 Å². The molecule has 0 aliphatic rings. The number of carbonyl (C=O) groups excluding carboxylic acids is 1. The normalized spacial score (nSPS) is 11.4. The van der Waals surface area contributed by atoms with Crippen molar-refractivity contribution >= 4 is 6.29 Å². The summed E-state index contributed by atoms with van der Waals surface area (Å²) in [5.74, 6) is 0. The number of rotatable bonds is 4. The molecule has 0 amide bonds. The Hall–Kier alpha value is -0.330. The summed E-state index contributed by atoms with van der Waals surface area (Å²) in [5, 5.41) is 0. The molecule has 1 heteroatoms. The Balaban J connectivity index is 3.55. The van der Waals surface area contributed by atoms with E-state index in [2.05, 4.69) is 27.2 Å². The van der Waals surface area contributed by atoms with E-state index in [1.54, 1.807) is 0 Å². The van der Waals surface area contributed by atoms with Crippen LogP contribution in [0.4, 0.5) is 0 Å². The first kappa shape index (κ1) is 8.67. The van der Waals surface area contributed by atoms with Crippen molar-refractivity contribution < 1.29 is 4.79 Å². The molecule has 0 saturated heterocycles. The van der Waals surface area contributed by atoms with Gasteiger partial charge in [0.15, 0.2) is 0 Å². The van der Waals surface area contributed by atoms with Crippen LogP contribution in [0.25, 0.3) is 0 Å². The average molecular weight is 127 g/mol. The Morgan fingerprint density at radius 3 is 2.33 bits per heavy atom. The van der Waals surface area contributed by atoms with E-state index in [1.807, 2.05) is 0 Å². The van der Waals surface area contributed by atoms with Gasteiger partial charge in [0, 0.05) is 6.42 Å². The lowest BCUT2D eigenvalue weighted by atomic mass is 9.85. The monoisotopic (exact) mass is 127 g/mol. The van der Waals surface area contributed by atoms with Gasteiger partial charge in [-0.05, 0) is 11.8 Å². The van der Waals surface area contributed by atoms with Crippen LogP contribution in [-0.4, -0.2) is 6.29 Å². The highest BCUT2D eigenvalue weighted by Crippen LogP contribution is 2.23. The summed E-state index contributed by atoms with van der Waals surface area (Å²) in [4.78, 5) is 10.1. The minimum atomic E-state index is 0.108. The third-order valence-corrected chi connectivity index (χ3v) is 1.37. The standard InChI is InChI=1S/C8H15O/c1-4-5-8(2,3)6-7-9/h5,7H,4,6H2,1-3H3. The van der Waals surface area contributed by atoms with E-state index in [-0.39, 0.29) is 5.41 Å². The highest BCUT2D eigenvalue weighted by atomic mass is 16.1. The minimum Gasteiger partial charge on any atom is -0.303 e. The van der Waals surface area contributed by atoms with Crippen molar-refractivity contribution in [1.82, 2.24) is 0 Å². The smallest absolute Gasteiger partial charge is 0.120 e. The maximum atomic E-state index is 10.1. The summed E-state index contributed by atoms with van der Waals surface area (Å²) in [6.45, 7) is 6.24. The van der Waals surface area contributed by atoms with Crippen LogP contribution in [0.15, 0.2) is 0 Å². The first-order chi connectivity index (χ1) is 4.12. The van der Waals surface area contributed by atoms with E-state index >= 15 is 0 Å². The summed E-state index contributed by atoms with van der Waals surface area (Å²) < 4.78 is 0. The van der Waals surface area contributed by atoms with Crippen LogP contribution in [0.1, 0.15) is 33.6 Å². The maximum Gasteiger partial charge on any atom is 0.120 e. The highest BCUT2D eigenvalue weighted by molar-refractivity contribution is 5.50. The van der Waals surface area contributed by atoms with Crippen LogP contribution in [0.5, 0.6) is 0 Å². The lowest BCUT2D eigenvalue weighted by molar-refractivity contribution is -0.109. The fourth-order valence-electron chi connectivity index (χ4n) is 0.851. The molecule has 0 rings (SSSR count). The van der Waals surface area contributed by atoms with Crippen molar-refractivity contribution in [3.05, 3.63) is 6.42 Å². The van der Waals surface area contributed by atoms with Gasteiger partial charge in [-0.25, -0.2) is 0 Å². The molecular formula is C8H15O. The number of aldehydes is 1. The highest BCUT2D eigenvalue weighted by Gasteiger charge is 2.14. The predicted octanol–water partition coefficient (Wildman–Crippen LogP) is 2.22. The maximum absolute atomic E-state index is 10.1. The van der Waals surface area contributed by atoms with Gasteiger partial charge in [-0.15, -0.1) is 0 Å². The Morgan fingerprint density at radius 1 is 1.44 bits per heavy atom. The molecule has 0 aromatic heterocycles. The van der Waals surface area contributed by atoms with E-state index in [0.29, 0.717) is 6.42 Å². The van der Waals surface area contributed by atoms with Crippen molar-refractivity contribution in [3.63, 3.8) is 0 Å². The van der Waals surface area contributed by atoms with Crippen LogP contribution in [0.3, 0.4) is 0 Å². The predicted molar refractivity (Wildman–Crippen MR) is 39.1 cm³/mol. The third-order valence-electron chi connectivity index (χ3n) is 1.37. The van der Waals surface area contributed by atoms with E-state index in [9.17, 15) is 4.79 Å². The first-order valence-electron chi connectivity index (χ1n) is 3.40. The molecule has 0 fully saturated rings. The van der Waals surface area contributed by atoms with Gasteiger partial charge in [-0.2, -0.15) is 0 Å².